The van der Waals surface area contributed by atoms with Crippen molar-refractivity contribution in [2.24, 2.45) is 5.73 Å². The fourth-order valence-electron chi connectivity index (χ4n) is 2.07. The van der Waals surface area contributed by atoms with E-state index in [-0.39, 0.29) is 12.5 Å². The third-order valence-corrected chi connectivity index (χ3v) is 3.64. The highest BCUT2D eigenvalue weighted by atomic mass is 35.5. The molecule has 0 atom stereocenters. The predicted octanol–water partition coefficient (Wildman–Crippen LogP) is 2.88. The van der Waals surface area contributed by atoms with E-state index in [1.807, 2.05) is 12.1 Å². The number of hydrogen-bond donors (Lipinski definition) is 1. The van der Waals surface area contributed by atoms with Crippen molar-refractivity contribution >= 4 is 29.5 Å². The first-order valence-electron chi connectivity index (χ1n) is 7.63. The number of amides is 2. The highest BCUT2D eigenvalue weighted by Gasteiger charge is 2.06. The van der Waals surface area contributed by atoms with E-state index in [4.69, 9.17) is 22.1 Å². The summed E-state index contributed by atoms with van der Waals surface area (Å²) in [6.45, 7) is 0.337. The van der Waals surface area contributed by atoms with Crippen LogP contribution in [-0.4, -0.2) is 30.4 Å². The monoisotopic (exact) mass is 358 g/mol. The third kappa shape index (κ3) is 6.31. The van der Waals surface area contributed by atoms with Crippen LogP contribution in [0.25, 0.3) is 6.08 Å². The summed E-state index contributed by atoms with van der Waals surface area (Å²) in [6, 6.07) is 14.4. The average molecular weight is 359 g/mol. The summed E-state index contributed by atoms with van der Waals surface area (Å²) in [7, 11) is 1.74. The Morgan fingerprint density at radius 1 is 1.12 bits per heavy atom. The van der Waals surface area contributed by atoms with Gasteiger partial charge in [0.2, 0.25) is 5.91 Å². The Kier molecular flexibility index (Phi) is 6.60. The van der Waals surface area contributed by atoms with Crippen LogP contribution in [-0.2, 0) is 16.1 Å². The van der Waals surface area contributed by atoms with Gasteiger partial charge in [-0.1, -0.05) is 35.9 Å². The zero-order valence-electron chi connectivity index (χ0n) is 13.8. The van der Waals surface area contributed by atoms with Gasteiger partial charge in [0.05, 0.1) is 0 Å². The summed E-state index contributed by atoms with van der Waals surface area (Å²) in [4.78, 5) is 24.4. The van der Waals surface area contributed by atoms with Crippen LogP contribution in [0.2, 0.25) is 5.02 Å². The van der Waals surface area contributed by atoms with Crippen molar-refractivity contribution in [1.29, 1.82) is 0 Å². The molecule has 0 saturated carbocycles. The van der Waals surface area contributed by atoms with Crippen LogP contribution in [0, 0.1) is 0 Å². The van der Waals surface area contributed by atoms with Crippen molar-refractivity contribution in [3.8, 4) is 5.75 Å². The van der Waals surface area contributed by atoms with Crippen LogP contribution >= 0.6 is 11.6 Å². The van der Waals surface area contributed by atoms with Gasteiger partial charge in [-0.25, -0.2) is 0 Å². The van der Waals surface area contributed by atoms with E-state index < -0.39 is 5.91 Å². The minimum atomic E-state index is -0.529. The molecule has 0 radical (unpaired) electrons. The van der Waals surface area contributed by atoms with Crippen LogP contribution in [0.3, 0.4) is 0 Å². The van der Waals surface area contributed by atoms with Gasteiger partial charge in [-0.3, -0.25) is 9.59 Å². The number of benzene rings is 2. The molecule has 5 nitrogen and oxygen atoms in total. The summed E-state index contributed by atoms with van der Waals surface area (Å²) in [5, 5.41) is 0.667. The van der Waals surface area contributed by atoms with Crippen LogP contribution in [0.15, 0.2) is 54.6 Å². The standard InChI is InChI=1S/C19H19ClN2O3/c1-22(12-15-2-7-16(20)8-3-15)19(24)11-6-14-4-9-17(10-5-14)25-13-18(21)23/h2-11H,12-13H2,1H3,(H2,21,23)/b11-6+. The summed E-state index contributed by atoms with van der Waals surface area (Å²) in [6.07, 6.45) is 3.23. The van der Waals surface area contributed by atoms with Crippen molar-refractivity contribution in [3.05, 3.63) is 70.8 Å². The number of nitrogens with two attached hydrogens (primary N) is 1. The molecule has 0 aliphatic rings. The Morgan fingerprint density at radius 2 is 1.76 bits per heavy atom. The van der Waals surface area contributed by atoms with E-state index >= 15 is 0 Å². The van der Waals surface area contributed by atoms with Gasteiger partial charge in [-0.15, -0.1) is 0 Å². The van der Waals surface area contributed by atoms with E-state index in [0.717, 1.165) is 11.1 Å². The van der Waals surface area contributed by atoms with E-state index in [0.29, 0.717) is 17.3 Å². The Bertz CT molecular complexity index is 755. The minimum absolute atomic E-state index is 0.107. The van der Waals surface area contributed by atoms with Crippen molar-refractivity contribution in [3.63, 3.8) is 0 Å². The van der Waals surface area contributed by atoms with Crippen LogP contribution in [0.1, 0.15) is 11.1 Å². The molecule has 2 rings (SSSR count). The highest BCUT2D eigenvalue weighted by Crippen LogP contribution is 2.14. The van der Waals surface area contributed by atoms with E-state index in [1.54, 1.807) is 54.4 Å². The molecule has 0 spiro atoms. The lowest BCUT2D eigenvalue weighted by Crippen LogP contribution is -2.24. The Balaban J connectivity index is 1.90. The normalized spacial score (nSPS) is 10.6. The second kappa shape index (κ2) is 8.89. The molecule has 130 valence electrons. The predicted molar refractivity (Wildman–Crippen MR) is 98.1 cm³/mol. The maximum Gasteiger partial charge on any atom is 0.255 e. The number of primary amides is 1. The van der Waals surface area contributed by atoms with Gasteiger partial charge in [0, 0.05) is 24.7 Å². The largest absolute Gasteiger partial charge is 0.484 e. The lowest BCUT2D eigenvalue weighted by Gasteiger charge is -2.15. The lowest BCUT2D eigenvalue weighted by molar-refractivity contribution is -0.125. The minimum Gasteiger partial charge on any atom is -0.484 e. The lowest BCUT2D eigenvalue weighted by atomic mass is 10.2. The fourth-order valence-corrected chi connectivity index (χ4v) is 2.19. The van der Waals surface area contributed by atoms with Gasteiger partial charge in [-0.05, 0) is 41.5 Å². The van der Waals surface area contributed by atoms with Crippen molar-refractivity contribution in [1.82, 2.24) is 4.90 Å². The van der Waals surface area contributed by atoms with E-state index in [1.165, 1.54) is 6.08 Å². The first-order chi connectivity index (χ1) is 11.9. The number of rotatable bonds is 7. The van der Waals surface area contributed by atoms with Crippen molar-refractivity contribution < 1.29 is 14.3 Å². The summed E-state index contributed by atoms with van der Waals surface area (Å²) in [5.41, 5.74) is 6.87. The Labute approximate surface area is 151 Å². The van der Waals surface area contributed by atoms with Gasteiger partial charge in [0.25, 0.3) is 5.91 Å². The molecule has 0 aliphatic carbocycles. The van der Waals surface area contributed by atoms with Gasteiger partial charge < -0.3 is 15.4 Å². The number of carbonyl (C=O) groups is 2. The molecule has 0 aromatic heterocycles. The molecule has 0 fully saturated rings. The molecule has 2 aromatic rings. The molecule has 0 aliphatic heterocycles. The molecule has 2 aromatic carbocycles. The molecular formula is C19H19ClN2O3. The molecular weight excluding hydrogens is 340 g/mol. The number of likely N-dealkylation sites (N-methyl/N-ethyl adjacent to an activating group) is 1. The van der Waals surface area contributed by atoms with Gasteiger partial charge in [-0.2, -0.15) is 0 Å². The summed E-state index contributed by atoms with van der Waals surface area (Å²) >= 11 is 5.85. The molecule has 25 heavy (non-hydrogen) atoms. The highest BCUT2D eigenvalue weighted by molar-refractivity contribution is 6.30. The maximum absolute atomic E-state index is 12.2. The smallest absolute Gasteiger partial charge is 0.255 e. The molecule has 6 heteroatoms. The second-order valence-electron chi connectivity index (χ2n) is 5.48. The van der Waals surface area contributed by atoms with Crippen molar-refractivity contribution in [2.45, 2.75) is 6.54 Å². The van der Waals surface area contributed by atoms with E-state index in [9.17, 15) is 9.59 Å². The van der Waals surface area contributed by atoms with Crippen LogP contribution < -0.4 is 10.5 Å². The maximum atomic E-state index is 12.2. The second-order valence-corrected chi connectivity index (χ2v) is 5.91. The van der Waals surface area contributed by atoms with Crippen LogP contribution in [0.5, 0.6) is 5.75 Å². The van der Waals surface area contributed by atoms with Crippen molar-refractivity contribution in [2.75, 3.05) is 13.7 Å². The van der Waals surface area contributed by atoms with Gasteiger partial charge >= 0.3 is 0 Å². The van der Waals surface area contributed by atoms with Crippen LogP contribution in [0.4, 0.5) is 0 Å². The molecule has 0 unspecified atom stereocenters. The van der Waals surface area contributed by atoms with E-state index in [2.05, 4.69) is 0 Å². The SMILES string of the molecule is CN(Cc1ccc(Cl)cc1)C(=O)/C=C/c1ccc(OCC(N)=O)cc1. The fraction of sp³-hybridized carbons (Fsp3) is 0.158. The number of carbonyl (C=O) groups excluding carboxylic acids is 2. The topological polar surface area (TPSA) is 72.6 Å². The number of nitrogens with zero attached hydrogens (tertiary/aromatic N) is 1. The zero-order chi connectivity index (χ0) is 18.2. The average Bonchev–Trinajstić information content (AvgIpc) is 2.60. The molecule has 0 heterocycles. The van der Waals surface area contributed by atoms with Gasteiger partial charge in [0.1, 0.15) is 5.75 Å². The summed E-state index contributed by atoms with van der Waals surface area (Å²) < 4.78 is 5.18. The number of hydrogen-bond acceptors (Lipinski definition) is 3. The number of halogens is 1. The zero-order valence-corrected chi connectivity index (χ0v) is 14.6. The Morgan fingerprint density at radius 3 is 2.36 bits per heavy atom. The quantitative estimate of drug-likeness (QED) is 0.773. The molecule has 2 N–H and O–H groups in total. The van der Waals surface area contributed by atoms with Gasteiger partial charge in [0.15, 0.2) is 6.61 Å². The third-order valence-electron chi connectivity index (χ3n) is 3.39. The first-order valence-corrected chi connectivity index (χ1v) is 8.00. The molecule has 0 saturated heterocycles. The molecule has 0 bridgehead atoms. The number of ether oxygens (including phenoxy) is 1. The molecule has 2 amide bonds. The Hall–Kier alpha value is -2.79. The summed E-state index contributed by atoms with van der Waals surface area (Å²) in [5.74, 6) is -0.0931. The first kappa shape index (κ1) is 18.5.